The summed E-state index contributed by atoms with van der Waals surface area (Å²) in [7, 11) is 0. The smallest absolute Gasteiger partial charge is 0.306 e. The molecule has 3 nitrogen and oxygen atoms in total. The number of carbonyl (C=O) groups is 1. The lowest BCUT2D eigenvalue weighted by Crippen LogP contribution is -2.18. The minimum atomic E-state index is -0.801. The summed E-state index contributed by atoms with van der Waals surface area (Å²) >= 11 is 0. The van der Waals surface area contributed by atoms with Crippen molar-refractivity contribution in [2.24, 2.45) is 5.92 Å². The van der Waals surface area contributed by atoms with E-state index in [1.54, 1.807) is 25.1 Å². The summed E-state index contributed by atoms with van der Waals surface area (Å²) in [6.07, 6.45) is 0.747. The van der Waals surface area contributed by atoms with Crippen molar-refractivity contribution in [1.29, 1.82) is 0 Å². The van der Waals surface area contributed by atoms with Gasteiger partial charge in [0.25, 0.3) is 0 Å². The summed E-state index contributed by atoms with van der Waals surface area (Å²) in [6, 6.07) is 6.81. The maximum absolute atomic E-state index is 10.9. The molecule has 0 heterocycles. The van der Waals surface area contributed by atoms with E-state index >= 15 is 0 Å². The van der Waals surface area contributed by atoms with Crippen LogP contribution in [0.4, 0.5) is 0 Å². The van der Waals surface area contributed by atoms with Crippen LogP contribution in [0.5, 0.6) is 5.75 Å². The molecule has 0 saturated carbocycles. The van der Waals surface area contributed by atoms with E-state index in [9.17, 15) is 9.90 Å². The minimum Gasteiger partial charge on any atom is -0.508 e. The molecule has 2 N–H and O–H groups in total. The Kier molecular flexibility index (Phi) is 3.72. The van der Waals surface area contributed by atoms with Crippen molar-refractivity contribution in [1.82, 2.24) is 0 Å². The van der Waals surface area contributed by atoms with Crippen LogP contribution in [-0.2, 0) is 4.79 Å². The Morgan fingerprint density at radius 1 is 1.47 bits per heavy atom. The van der Waals surface area contributed by atoms with E-state index in [1.807, 2.05) is 13.0 Å². The topological polar surface area (TPSA) is 57.5 Å². The Bertz CT molecular complexity index is 346. The van der Waals surface area contributed by atoms with Crippen LogP contribution in [0.2, 0.25) is 0 Å². The summed E-state index contributed by atoms with van der Waals surface area (Å²) < 4.78 is 0. The second kappa shape index (κ2) is 4.82. The summed E-state index contributed by atoms with van der Waals surface area (Å²) in [4.78, 5) is 10.9. The molecule has 3 heteroatoms. The highest BCUT2D eigenvalue weighted by Gasteiger charge is 2.23. The summed E-state index contributed by atoms with van der Waals surface area (Å²) in [5, 5.41) is 18.3. The third kappa shape index (κ3) is 2.72. The number of aromatic hydroxyl groups is 1. The third-order valence-electron chi connectivity index (χ3n) is 2.73. The number of carboxylic acid groups (broad SMARTS) is 1. The fraction of sp³-hybridized carbons (Fsp3) is 0.417. The molecule has 15 heavy (non-hydrogen) atoms. The Morgan fingerprint density at radius 3 is 2.60 bits per heavy atom. The quantitative estimate of drug-likeness (QED) is 0.799. The number of phenolic OH excluding ortho intramolecular Hbond substituents is 1. The Balaban J connectivity index is 2.97. The van der Waals surface area contributed by atoms with Gasteiger partial charge < -0.3 is 10.2 Å². The molecule has 1 aromatic rings. The van der Waals surface area contributed by atoms with Gasteiger partial charge in [-0.25, -0.2) is 0 Å². The molecule has 1 aromatic carbocycles. The molecule has 0 aliphatic carbocycles. The van der Waals surface area contributed by atoms with Crippen LogP contribution in [0, 0.1) is 5.92 Å². The van der Waals surface area contributed by atoms with Crippen LogP contribution in [0.25, 0.3) is 0 Å². The van der Waals surface area contributed by atoms with Gasteiger partial charge in [0.05, 0.1) is 5.92 Å². The first kappa shape index (κ1) is 11.6. The van der Waals surface area contributed by atoms with Crippen LogP contribution >= 0.6 is 0 Å². The van der Waals surface area contributed by atoms with Crippen LogP contribution in [0.1, 0.15) is 31.7 Å². The lowest BCUT2D eigenvalue weighted by Gasteiger charge is -2.19. The van der Waals surface area contributed by atoms with Gasteiger partial charge in [-0.2, -0.15) is 0 Å². The predicted molar refractivity (Wildman–Crippen MR) is 57.9 cm³/mol. The average molecular weight is 208 g/mol. The molecule has 0 aromatic heterocycles. The highest BCUT2D eigenvalue weighted by Crippen LogP contribution is 2.29. The Hall–Kier alpha value is -1.51. The van der Waals surface area contributed by atoms with Crippen LogP contribution in [-0.4, -0.2) is 16.2 Å². The van der Waals surface area contributed by atoms with Crippen molar-refractivity contribution in [2.75, 3.05) is 0 Å². The molecule has 0 bridgehead atoms. The van der Waals surface area contributed by atoms with Crippen molar-refractivity contribution in [3.8, 4) is 5.75 Å². The second-order valence-corrected chi connectivity index (χ2v) is 3.74. The maximum atomic E-state index is 10.9. The van der Waals surface area contributed by atoms with Crippen LogP contribution in [0.15, 0.2) is 24.3 Å². The Morgan fingerprint density at radius 2 is 2.13 bits per heavy atom. The van der Waals surface area contributed by atoms with Gasteiger partial charge in [0.15, 0.2) is 0 Å². The molecule has 0 aliphatic rings. The first-order chi connectivity index (χ1) is 7.06. The van der Waals surface area contributed by atoms with Gasteiger partial charge in [-0.15, -0.1) is 0 Å². The van der Waals surface area contributed by atoms with Gasteiger partial charge in [-0.05, 0) is 30.0 Å². The minimum absolute atomic E-state index is 0.0467. The van der Waals surface area contributed by atoms with Crippen molar-refractivity contribution < 1.29 is 15.0 Å². The monoisotopic (exact) mass is 208 g/mol. The van der Waals surface area contributed by atoms with E-state index in [2.05, 4.69) is 0 Å². The molecule has 2 atom stereocenters. The summed E-state index contributed by atoms with van der Waals surface area (Å²) in [5.41, 5.74) is 0.882. The highest BCUT2D eigenvalue weighted by atomic mass is 16.4. The molecule has 0 saturated heterocycles. The van der Waals surface area contributed by atoms with Crippen molar-refractivity contribution in [2.45, 2.75) is 26.2 Å². The van der Waals surface area contributed by atoms with Gasteiger partial charge in [0.2, 0.25) is 0 Å². The standard InChI is InChI=1S/C12H16O3/c1-3-11(8(2)12(14)15)9-5-4-6-10(13)7-9/h4-8,11,13H,3H2,1-2H3,(H,14,15)/t8?,11-/m0/s1. The number of phenols is 1. The average Bonchev–Trinajstić information content (AvgIpc) is 2.18. The van der Waals surface area contributed by atoms with E-state index in [4.69, 9.17) is 5.11 Å². The van der Waals surface area contributed by atoms with E-state index in [-0.39, 0.29) is 11.7 Å². The molecule has 1 rings (SSSR count). The molecule has 0 aliphatic heterocycles. The zero-order valence-electron chi connectivity index (χ0n) is 8.97. The highest BCUT2D eigenvalue weighted by molar-refractivity contribution is 5.71. The SMILES string of the molecule is CC[C@H](c1cccc(O)c1)C(C)C(=O)O. The van der Waals surface area contributed by atoms with E-state index in [0.717, 1.165) is 12.0 Å². The van der Waals surface area contributed by atoms with Gasteiger partial charge in [0.1, 0.15) is 5.75 Å². The van der Waals surface area contributed by atoms with E-state index in [0.29, 0.717) is 0 Å². The van der Waals surface area contributed by atoms with Gasteiger partial charge in [-0.3, -0.25) is 4.79 Å². The molecular formula is C12H16O3. The second-order valence-electron chi connectivity index (χ2n) is 3.74. The van der Waals surface area contributed by atoms with Crippen LogP contribution in [0.3, 0.4) is 0 Å². The molecular weight excluding hydrogens is 192 g/mol. The number of carboxylic acids is 1. The molecule has 0 radical (unpaired) electrons. The normalized spacial score (nSPS) is 14.5. The number of benzene rings is 1. The van der Waals surface area contributed by atoms with Gasteiger partial charge in [-0.1, -0.05) is 26.0 Å². The van der Waals surface area contributed by atoms with Crippen LogP contribution < -0.4 is 0 Å². The fourth-order valence-electron chi connectivity index (χ4n) is 1.81. The molecule has 82 valence electrons. The van der Waals surface area contributed by atoms with E-state index in [1.165, 1.54) is 0 Å². The molecule has 1 unspecified atom stereocenters. The van der Waals surface area contributed by atoms with Gasteiger partial charge >= 0.3 is 5.97 Å². The maximum Gasteiger partial charge on any atom is 0.306 e. The molecule has 0 amide bonds. The zero-order chi connectivity index (χ0) is 11.4. The largest absolute Gasteiger partial charge is 0.508 e. The summed E-state index contributed by atoms with van der Waals surface area (Å²) in [5.74, 6) is -1.10. The fourth-order valence-corrected chi connectivity index (χ4v) is 1.81. The lowest BCUT2D eigenvalue weighted by atomic mass is 9.85. The summed E-state index contributed by atoms with van der Waals surface area (Å²) in [6.45, 7) is 3.65. The number of hydrogen-bond donors (Lipinski definition) is 2. The zero-order valence-corrected chi connectivity index (χ0v) is 8.97. The molecule has 0 fully saturated rings. The first-order valence-corrected chi connectivity index (χ1v) is 5.08. The Labute approximate surface area is 89.4 Å². The van der Waals surface area contributed by atoms with Crippen molar-refractivity contribution >= 4 is 5.97 Å². The third-order valence-corrected chi connectivity index (χ3v) is 2.73. The molecule has 0 spiro atoms. The van der Waals surface area contributed by atoms with Crippen molar-refractivity contribution in [3.05, 3.63) is 29.8 Å². The predicted octanol–water partition coefficient (Wildman–Crippen LogP) is 2.61. The van der Waals surface area contributed by atoms with Crippen molar-refractivity contribution in [3.63, 3.8) is 0 Å². The van der Waals surface area contributed by atoms with E-state index < -0.39 is 11.9 Å². The number of hydrogen-bond acceptors (Lipinski definition) is 2. The number of rotatable bonds is 4. The number of aliphatic carboxylic acids is 1. The first-order valence-electron chi connectivity index (χ1n) is 5.08. The lowest BCUT2D eigenvalue weighted by molar-refractivity contribution is -0.141. The van der Waals surface area contributed by atoms with Gasteiger partial charge in [0, 0.05) is 0 Å².